The molecule has 0 radical (unpaired) electrons. The van der Waals surface area contributed by atoms with Crippen LogP contribution in [0.25, 0.3) is 0 Å². The lowest BCUT2D eigenvalue weighted by molar-refractivity contribution is 0.167. The van der Waals surface area contributed by atoms with Crippen LogP contribution in [0.3, 0.4) is 0 Å². The summed E-state index contributed by atoms with van der Waals surface area (Å²) in [5, 5.41) is 9.73. The van der Waals surface area contributed by atoms with Crippen LogP contribution >= 0.6 is 0 Å². The molecule has 1 heterocycles. The molecule has 0 amide bonds. The lowest BCUT2D eigenvalue weighted by Crippen LogP contribution is -2.04. The summed E-state index contributed by atoms with van der Waals surface area (Å²) in [5.74, 6) is 0.477. The zero-order valence-electron chi connectivity index (χ0n) is 8.70. The van der Waals surface area contributed by atoms with Gasteiger partial charge >= 0.3 is 0 Å². The summed E-state index contributed by atoms with van der Waals surface area (Å²) in [4.78, 5) is 8.13. The fourth-order valence-corrected chi connectivity index (χ4v) is 1.08. The summed E-state index contributed by atoms with van der Waals surface area (Å²) in [6.45, 7) is 7.78. The van der Waals surface area contributed by atoms with Crippen LogP contribution < -0.4 is 0 Å². The molecular weight excluding hydrogens is 176 g/mol. The molecule has 0 aliphatic rings. The summed E-state index contributed by atoms with van der Waals surface area (Å²) in [5.41, 5.74) is 2.01. The third-order valence-corrected chi connectivity index (χ3v) is 2.08. The summed E-state index contributed by atoms with van der Waals surface area (Å²) < 4.78 is 0. The van der Waals surface area contributed by atoms with Crippen molar-refractivity contribution >= 4 is 0 Å². The Balaban J connectivity index is 2.65. The third kappa shape index (κ3) is 2.92. The normalized spacial score (nSPS) is 12.5. The minimum atomic E-state index is -0.622. The number of aryl methyl sites for hydroxylation is 1. The molecule has 0 spiro atoms. The monoisotopic (exact) mass is 192 g/mol. The topological polar surface area (TPSA) is 46.0 Å². The first-order valence-corrected chi connectivity index (χ1v) is 4.76. The van der Waals surface area contributed by atoms with Gasteiger partial charge in [0.15, 0.2) is 5.82 Å². The summed E-state index contributed by atoms with van der Waals surface area (Å²) >= 11 is 0. The van der Waals surface area contributed by atoms with Gasteiger partial charge < -0.3 is 5.11 Å². The Morgan fingerprint density at radius 1 is 1.50 bits per heavy atom. The molecule has 1 aromatic rings. The van der Waals surface area contributed by atoms with E-state index in [0.29, 0.717) is 12.2 Å². The lowest BCUT2D eigenvalue weighted by Gasteiger charge is -2.09. The van der Waals surface area contributed by atoms with Crippen molar-refractivity contribution in [2.24, 2.45) is 0 Å². The molecular formula is C11H16N2O. The van der Waals surface area contributed by atoms with Gasteiger partial charge in [-0.05, 0) is 18.9 Å². The van der Waals surface area contributed by atoms with Crippen LogP contribution in [0.2, 0.25) is 0 Å². The van der Waals surface area contributed by atoms with Gasteiger partial charge in [0.2, 0.25) is 0 Å². The maximum atomic E-state index is 9.73. The Bertz CT molecular complexity index is 306. The molecule has 0 bridgehead atoms. The smallest absolute Gasteiger partial charge is 0.157 e. The molecule has 0 fully saturated rings. The quantitative estimate of drug-likeness (QED) is 0.744. The molecule has 1 N–H and O–H groups in total. The fourth-order valence-electron chi connectivity index (χ4n) is 1.08. The number of aliphatic hydroxyl groups is 1. The van der Waals surface area contributed by atoms with Gasteiger partial charge in [-0.3, -0.25) is 0 Å². The maximum absolute atomic E-state index is 9.73. The molecule has 1 atom stereocenters. The average Bonchev–Trinajstić information content (AvgIpc) is 2.18. The second kappa shape index (κ2) is 4.86. The first-order valence-electron chi connectivity index (χ1n) is 4.76. The van der Waals surface area contributed by atoms with Crippen molar-refractivity contribution in [2.75, 3.05) is 0 Å². The Hall–Kier alpha value is -1.22. The Morgan fingerprint density at radius 3 is 2.57 bits per heavy atom. The number of aliphatic hydroxyl groups excluding tert-OH is 1. The molecule has 0 aromatic carbocycles. The van der Waals surface area contributed by atoms with E-state index in [0.717, 1.165) is 17.6 Å². The molecule has 1 unspecified atom stereocenters. The van der Waals surface area contributed by atoms with Crippen LogP contribution in [0.1, 0.15) is 37.3 Å². The van der Waals surface area contributed by atoms with Gasteiger partial charge in [0.05, 0.1) is 0 Å². The van der Waals surface area contributed by atoms with E-state index in [9.17, 15) is 5.11 Å². The second-order valence-corrected chi connectivity index (χ2v) is 3.44. The third-order valence-electron chi connectivity index (χ3n) is 2.08. The Kier molecular flexibility index (Phi) is 3.77. The summed E-state index contributed by atoms with van der Waals surface area (Å²) in [7, 11) is 0. The fraction of sp³-hybridized carbons (Fsp3) is 0.455. The van der Waals surface area contributed by atoms with Crippen LogP contribution in [0.4, 0.5) is 0 Å². The minimum Gasteiger partial charge on any atom is -0.385 e. The maximum Gasteiger partial charge on any atom is 0.157 e. The van der Waals surface area contributed by atoms with Crippen LogP contribution in [-0.2, 0) is 0 Å². The van der Waals surface area contributed by atoms with E-state index < -0.39 is 6.10 Å². The molecule has 14 heavy (non-hydrogen) atoms. The predicted octanol–water partition coefficient (Wildman–Crippen LogP) is 2.17. The van der Waals surface area contributed by atoms with Crippen molar-refractivity contribution in [3.63, 3.8) is 0 Å². The van der Waals surface area contributed by atoms with Gasteiger partial charge in [-0.15, -0.1) is 0 Å². The summed E-state index contributed by atoms with van der Waals surface area (Å²) in [6.07, 6.45) is 4.21. The number of hydrogen-bond acceptors (Lipinski definition) is 3. The van der Waals surface area contributed by atoms with Crippen LogP contribution in [0.15, 0.2) is 24.5 Å². The Labute approximate surface area is 84.5 Å². The molecule has 3 nitrogen and oxygen atoms in total. The van der Waals surface area contributed by atoms with Crippen molar-refractivity contribution in [1.82, 2.24) is 9.97 Å². The van der Waals surface area contributed by atoms with Crippen molar-refractivity contribution < 1.29 is 5.11 Å². The molecule has 76 valence electrons. The number of nitrogens with zero attached hydrogens (tertiary/aromatic N) is 2. The molecule has 0 saturated heterocycles. The van der Waals surface area contributed by atoms with Gasteiger partial charge in [0.25, 0.3) is 0 Å². The van der Waals surface area contributed by atoms with Crippen molar-refractivity contribution in [1.29, 1.82) is 0 Å². The van der Waals surface area contributed by atoms with Gasteiger partial charge in [-0.25, -0.2) is 9.97 Å². The van der Waals surface area contributed by atoms with Crippen molar-refractivity contribution in [3.05, 3.63) is 35.9 Å². The highest BCUT2D eigenvalue weighted by atomic mass is 16.3. The highest BCUT2D eigenvalue weighted by Gasteiger charge is 2.10. The van der Waals surface area contributed by atoms with E-state index in [2.05, 4.69) is 16.5 Å². The standard InChI is InChI=1S/C11H16N2O/c1-4-8(2)5-10(14)11-12-6-9(3)7-13-11/h6-7,10,14H,2,4-5H2,1,3H3. The van der Waals surface area contributed by atoms with E-state index in [1.54, 1.807) is 12.4 Å². The van der Waals surface area contributed by atoms with Crippen molar-refractivity contribution in [2.45, 2.75) is 32.8 Å². The highest BCUT2D eigenvalue weighted by molar-refractivity contribution is 5.06. The molecule has 0 saturated carbocycles. The largest absolute Gasteiger partial charge is 0.385 e. The van der Waals surface area contributed by atoms with Crippen LogP contribution in [0.5, 0.6) is 0 Å². The second-order valence-electron chi connectivity index (χ2n) is 3.44. The molecule has 1 aromatic heterocycles. The van der Waals surface area contributed by atoms with Crippen LogP contribution in [-0.4, -0.2) is 15.1 Å². The van der Waals surface area contributed by atoms with Gasteiger partial charge in [-0.1, -0.05) is 19.1 Å². The number of aromatic nitrogens is 2. The highest BCUT2D eigenvalue weighted by Crippen LogP contribution is 2.17. The van der Waals surface area contributed by atoms with E-state index in [1.807, 2.05) is 13.8 Å². The molecule has 3 heteroatoms. The zero-order chi connectivity index (χ0) is 10.6. The number of hydrogen-bond donors (Lipinski definition) is 1. The molecule has 0 aliphatic heterocycles. The lowest BCUT2D eigenvalue weighted by atomic mass is 10.1. The first kappa shape index (κ1) is 10.9. The predicted molar refractivity (Wildman–Crippen MR) is 55.8 cm³/mol. The van der Waals surface area contributed by atoms with E-state index in [4.69, 9.17) is 0 Å². The van der Waals surface area contributed by atoms with Crippen LogP contribution in [0, 0.1) is 6.92 Å². The number of rotatable bonds is 4. The van der Waals surface area contributed by atoms with E-state index >= 15 is 0 Å². The van der Waals surface area contributed by atoms with E-state index in [-0.39, 0.29) is 0 Å². The van der Waals surface area contributed by atoms with Gasteiger partial charge in [0, 0.05) is 18.8 Å². The van der Waals surface area contributed by atoms with Gasteiger partial charge in [0.1, 0.15) is 6.10 Å². The first-order chi connectivity index (χ1) is 6.63. The Morgan fingerprint density at radius 2 is 2.07 bits per heavy atom. The van der Waals surface area contributed by atoms with Crippen molar-refractivity contribution in [3.8, 4) is 0 Å². The zero-order valence-corrected chi connectivity index (χ0v) is 8.70. The summed E-state index contributed by atoms with van der Waals surface area (Å²) in [6, 6.07) is 0. The molecule has 0 aliphatic carbocycles. The van der Waals surface area contributed by atoms with Gasteiger partial charge in [-0.2, -0.15) is 0 Å². The van der Waals surface area contributed by atoms with E-state index in [1.165, 1.54) is 0 Å². The molecule has 1 rings (SSSR count). The SMILES string of the molecule is C=C(CC)CC(O)c1ncc(C)cn1. The average molecular weight is 192 g/mol. The minimum absolute atomic E-state index is 0.477.